The highest BCUT2D eigenvalue weighted by Crippen LogP contribution is 2.25. The normalized spacial score (nSPS) is 15.6. The van der Waals surface area contributed by atoms with Gasteiger partial charge in [-0.15, -0.1) is 0 Å². The highest BCUT2D eigenvalue weighted by molar-refractivity contribution is 5.95. The van der Waals surface area contributed by atoms with Gasteiger partial charge in [0, 0.05) is 12.4 Å². The molecule has 22 heavy (non-hydrogen) atoms. The topological polar surface area (TPSA) is 76.9 Å². The summed E-state index contributed by atoms with van der Waals surface area (Å²) in [6.45, 7) is 7.41. The third-order valence-electron chi connectivity index (χ3n) is 4.05. The zero-order valence-electron chi connectivity index (χ0n) is 12.9. The molecule has 120 valence electrons. The lowest BCUT2D eigenvalue weighted by atomic mass is 10.2. The molecule has 0 unspecified atom stereocenters. The first-order valence-corrected chi connectivity index (χ1v) is 7.77. The van der Waals surface area contributed by atoms with Gasteiger partial charge in [-0.25, -0.2) is 0 Å². The first-order chi connectivity index (χ1) is 10.6. The van der Waals surface area contributed by atoms with E-state index < -0.39 is 5.97 Å². The predicted molar refractivity (Wildman–Crippen MR) is 82.8 cm³/mol. The van der Waals surface area contributed by atoms with E-state index in [2.05, 4.69) is 17.1 Å². The van der Waals surface area contributed by atoms with Crippen LogP contribution in [0.1, 0.15) is 19.8 Å². The Labute approximate surface area is 130 Å². The van der Waals surface area contributed by atoms with Gasteiger partial charge in [-0.05, 0) is 25.5 Å². The SMILES string of the molecule is CC[NH+]1CCN(c2ccccc2NC(=O)CCC(=O)[O-])CC1. The maximum Gasteiger partial charge on any atom is 0.224 e. The molecule has 1 aliphatic heterocycles. The molecule has 0 radical (unpaired) electrons. The van der Waals surface area contributed by atoms with Crippen molar-refractivity contribution in [3.63, 3.8) is 0 Å². The molecule has 0 spiro atoms. The lowest BCUT2D eigenvalue weighted by molar-refractivity contribution is -0.898. The van der Waals surface area contributed by atoms with Crippen LogP contribution in [0.3, 0.4) is 0 Å². The van der Waals surface area contributed by atoms with Crippen molar-refractivity contribution in [1.82, 2.24) is 0 Å². The minimum Gasteiger partial charge on any atom is -0.550 e. The summed E-state index contributed by atoms with van der Waals surface area (Å²) in [5.74, 6) is -1.50. The fourth-order valence-electron chi connectivity index (χ4n) is 2.70. The summed E-state index contributed by atoms with van der Waals surface area (Å²) in [4.78, 5) is 26.1. The van der Waals surface area contributed by atoms with Crippen LogP contribution in [0.5, 0.6) is 0 Å². The number of hydrogen-bond donors (Lipinski definition) is 2. The number of rotatable bonds is 6. The van der Waals surface area contributed by atoms with Crippen molar-refractivity contribution < 1.29 is 19.6 Å². The Bertz CT molecular complexity index is 525. The number of piperazine rings is 1. The molecule has 1 heterocycles. The number of anilines is 2. The molecule has 1 aliphatic rings. The lowest BCUT2D eigenvalue weighted by Gasteiger charge is -2.34. The third-order valence-corrected chi connectivity index (χ3v) is 4.05. The van der Waals surface area contributed by atoms with Gasteiger partial charge in [-0.1, -0.05) is 12.1 Å². The van der Waals surface area contributed by atoms with Crippen LogP contribution < -0.4 is 20.2 Å². The maximum absolute atomic E-state index is 11.8. The van der Waals surface area contributed by atoms with Gasteiger partial charge in [0.25, 0.3) is 0 Å². The van der Waals surface area contributed by atoms with E-state index in [1.54, 1.807) is 4.90 Å². The molecule has 2 N–H and O–H groups in total. The summed E-state index contributed by atoms with van der Waals surface area (Å²) in [5.41, 5.74) is 1.74. The van der Waals surface area contributed by atoms with Crippen LogP contribution in [-0.4, -0.2) is 44.6 Å². The second-order valence-corrected chi connectivity index (χ2v) is 5.53. The first-order valence-electron chi connectivity index (χ1n) is 7.77. The van der Waals surface area contributed by atoms with E-state index >= 15 is 0 Å². The summed E-state index contributed by atoms with van der Waals surface area (Å²) >= 11 is 0. The molecule has 2 rings (SSSR count). The van der Waals surface area contributed by atoms with E-state index in [0.29, 0.717) is 0 Å². The van der Waals surface area contributed by atoms with Gasteiger partial charge in [0.2, 0.25) is 5.91 Å². The second-order valence-electron chi connectivity index (χ2n) is 5.53. The Hall–Kier alpha value is -2.08. The number of aliphatic carboxylic acids is 1. The number of carboxylic acid groups (broad SMARTS) is 1. The van der Waals surface area contributed by atoms with Crippen molar-refractivity contribution in [2.45, 2.75) is 19.8 Å². The van der Waals surface area contributed by atoms with Crippen molar-refractivity contribution in [1.29, 1.82) is 0 Å². The largest absolute Gasteiger partial charge is 0.550 e. The van der Waals surface area contributed by atoms with Crippen molar-refractivity contribution in [2.24, 2.45) is 0 Å². The van der Waals surface area contributed by atoms with Crippen molar-refractivity contribution in [2.75, 3.05) is 42.9 Å². The van der Waals surface area contributed by atoms with Crippen molar-refractivity contribution in [3.05, 3.63) is 24.3 Å². The minimum atomic E-state index is -1.21. The highest BCUT2D eigenvalue weighted by Gasteiger charge is 2.20. The molecule has 0 aromatic heterocycles. The van der Waals surface area contributed by atoms with Gasteiger partial charge in [0.15, 0.2) is 0 Å². The monoisotopic (exact) mass is 305 g/mol. The molecule has 6 nitrogen and oxygen atoms in total. The molecule has 1 saturated heterocycles. The number of likely N-dealkylation sites (N-methyl/N-ethyl adjacent to an activating group) is 1. The number of nitrogens with one attached hydrogen (secondary N) is 2. The third kappa shape index (κ3) is 4.46. The lowest BCUT2D eigenvalue weighted by Crippen LogP contribution is -3.14. The molecular formula is C16H23N3O3. The van der Waals surface area contributed by atoms with Crippen molar-refractivity contribution >= 4 is 23.3 Å². The van der Waals surface area contributed by atoms with Gasteiger partial charge >= 0.3 is 0 Å². The fourth-order valence-corrected chi connectivity index (χ4v) is 2.70. The molecule has 0 aliphatic carbocycles. The zero-order valence-corrected chi connectivity index (χ0v) is 12.9. The van der Waals surface area contributed by atoms with Crippen molar-refractivity contribution in [3.8, 4) is 0 Å². The number of carbonyl (C=O) groups excluding carboxylic acids is 2. The Balaban J connectivity index is 2.01. The second kappa shape index (κ2) is 7.79. The molecule has 0 bridgehead atoms. The van der Waals surface area contributed by atoms with Gasteiger partial charge in [-0.2, -0.15) is 0 Å². The summed E-state index contributed by atoms with van der Waals surface area (Å²) < 4.78 is 0. The van der Waals surface area contributed by atoms with E-state index in [4.69, 9.17) is 0 Å². The van der Waals surface area contributed by atoms with Gasteiger partial charge in [0.1, 0.15) is 0 Å². The molecule has 1 aromatic rings. The number of hydrogen-bond acceptors (Lipinski definition) is 4. The molecular weight excluding hydrogens is 282 g/mol. The summed E-state index contributed by atoms with van der Waals surface area (Å²) in [6, 6.07) is 7.66. The number of para-hydroxylation sites is 2. The Morgan fingerprint density at radius 2 is 1.91 bits per heavy atom. The smallest absolute Gasteiger partial charge is 0.224 e. The molecule has 0 saturated carbocycles. The van der Waals surface area contributed by atoms with Crippen LogP contribution >= 0.6 is 0 Å². The summed E-state index contributed by atoms with van der Waals surface area (Å²) in [7, 11) is 0. The number of nitrogens with zero attached hydrogens (tertiary/aromatic N) is 1. The molecule has 6 heteroatoms. The molecule has 1 aromatic carbocycles. The number of amides is 1. The van der Waals surface area contributed by atoms with Gasteiger partial charge in [0.05, 0.1) is 44.1 Å². The van der Waals surface area contributed by atoms with E-state index in [1.807, 2.05) is 24.3 Å². The van der Waals surface area contributed by atoms with E-state index in [-0.39, 0.29) is 18.7 Å². The van der Waals surface area contributed by atoms with Crippen LogP contribution in [0.2, 0.25) is 0 Å². The van der Waals surface area contributed by atoms with Gasteiger partial charge in [-0.3, -0.25) is 4.79 Å². The average molecular weight is 305 g/mol. The van der Waals surface area contributed by atoms with Crippen LogP contribution in [0.15, 0.2) is 24.3 Å². The van der Waals surface area contributed by atoms with Crippen LogP contribution in [0.4, 0.5) is 11.4 Å². The standard InChI is InChI=1S/C16H23N3O3/c1-2-18-9-11-19(12-10-18)14-6-4-3-5-13(14)17-15(20)7-8-16(21)22/h3-6H,2,7-12H2,1H3,(H,17,20)(H,21,22). The van der Waals surface area contributed by atoms with E-state index in [1.165, 1.54) is 0 Å². The van der Waals surface area contributed by atoms with Crippen LogP contribution in [0, 0.1) is 0 Å². The average Bonchev–Trinajstić information content (AvgIpc) is 2.53. The number of benzene rings is 1. The molecule has 1 amide bonds. The minimum absolute atomic E-state index is 0.0651. The summed E-state index contributed by atoms with van der Waals surface area (Å²) in [5, 5.41) is 13.2. The van der Waals surface area contributed by atoms with E-state index in [0.717, 1.165) is 44.1 Å². The predicted octanol–water partition coefficient (Wildman–Crippen LogP) is -1.12. The summed E-state index contributed by atoms with van der Waals surface area (Å²) in [6.07, 6.45) is -0.322. The molecule has 1 fully saturated rings. The number of carbonyl (C=O) groups is 2. The Morgan fingerprint density at radius 1 is 1.23 bits per heavy atom. The number of quaternary nitrogens is 1. The van der Waals surface area contributed by atoms with Gasteiger partial charge < -0.3 is 25.0 Å². The first kappa shape index (κ1) is 16.3. The highest BCUT2D eigenvalue weighted by atomic mass is 16.4. The number of carboxylic acids is 1. The molecule has 0 atom stereocenters. The quantitative estimate of drug-likeness (QED) is 0.698. The Morgan fingerprint density at radius 3 is 2.55 bits per heavy atom. The zero-order chi connectivity index (χ0) is 15.9. The Kier molecular flexibility index (Phi) is 5.77. The van der Waals surface area contributed by atoms with Crippen LogP contribution in [0.25, 0.3) is 0 Å². The van der Waals surface area contributed by atoms with Crippen LogP contribution in [-0.2, 0) is 9.59 Å². The van der Waals surface area contributed by atoms with E-state index in [9.17, 15) is 14.7 Å². The maximum atomic E-state index is 11.8. The fraction of sp³-hybridized carbons (Fsp3) is 0.500.